The van der Waals surface area contributed by atoms with Crippen LogP contribution in [-0.2, 0) is 0 Å². The lowest BCUT2D eigenvalue weighted by molar-refractivity contribution is -0.0612. The summed E-state index contributed by atoms with van der Waals surface area (Å²) in [6.07, 6.45) is 6.83. The van der Waals surface area contributed by atoms with Crippen molar-refractivity contribution in [1.82, 2.24) is 4.90 Å². The van der Waals surface area contributed by atoms with E-state index in [0.717, 1.165) is 24.3 Å². The van der Waals surface area contributed by atoms with Gasteiger partial charge in [0, 0.05) is 24.7 Å². The number of nitrogens with zero attached hydrogens (tertiary/aromatic N) is 1. The van der Waals surface area contributed by atoms with E-state index >= 15 is 0 Å². The zero-order chi connectivity index (χ0) is 13.3. The second-order valence-electron chi connectivity index (χ2n) is 7.17. The van der Waals surface area contributed by atoms with Crippen molar-refractivity contribution in [1.29, 1.82) is 0 Å². The Hall–Kier alpha value is -0.0800. The molecule has 2 fully saturated rings. The van der Waals surface area contributed by atoms with Gasteiger partial charge in [0.25, 0.3) is 0 Å². The van der Waals surface area contributed by atoms with Gasteiger partial charge < -0.3 is 5.73 Å². The minimum absolute atomic E-state index is 0.292. The minimum atomic E-state index is 0.292. The highest BCUT2D eigenvalue weighted by Crippen LogP contribution is 2.42. The summed E-state index contributed by atoms with van der Waals surface area (Å²) in [5, 5.41) is 0. The van der Waals surface area contributed by atoms with Crippen LogP contribution in [0.25, 0.3) is 0 Å². The van der Waals surface area contributed by atoms with Crippen LogP contribution in [0.4, 0.5) is 0 Å². The number of likely N-dealkylation sites (tertiary alicyclic amines) is 1. The topological polar surface area (TPSA) is 29.3 Å². The maximum Gasteiger partial charge on any atom is 0.0360 e. The van der Waals surface area contributed by atoms with Crippen molar-refractivity contribution in [3.8, 4) is 0 Å². The van der Waals surface area contributed by atoms with Gasteiger partial charge in [0.15, 0.2) is 0 Å². The summed E-state index contributed by atoms with van der Waals surface area (Å²) in [6.45, 7) is 11.8. The lowest BCUT2D eigenvalue weighted by Crippen LogP contribution is -2.65. The van der Waals surface area contributed by atoms with Crippen molar-refractivity contribution in [2.45, 2.75) is 71.4 Å². The van der Waals surface area contributed by atoms with E-state index in [0.29, 0.717) is 11.6 Å². The molecular formula is C16H32N2. The predicted octanol–water partition coefficient (Wildman–Crippen LogP) is 3.26. The number of rotatable bonds is 2. The molecule has 2 rings (SSSR count). The summed E-state index contributed by atoms with van der Waals surface area (Å²) in [5.74, 6) is 2.40. The van der Waals surface area contributed by atoms with Gasteiger partial charge in [-0.3, -0.25) is 4.90 Å². The van der Waals surface area contributed by atoms with Gasteiger partial charge in [0.2, 0.25) is 0 Å². The molecule has 5 unspecified atom stereocenters. The number of hydrogen-bond acceptors (Lipinski definition) is 2. The van der Waals surface area contributed by atoms with Crippen LogP contribution in [0.2, 0.25) is 0 Å². The summed E-state index contributed by atoms with van der Waals surface area (Å²) in [6, 6.07) is 0.699. The minimum Gasteiger partial charge on any atom is -0.329 e. The molecule has 1 saturated carbocycles. The van der Waals surface area contributed by atoms with Gasteiger partial charge in [-0.1, -0.05) is 33.6 Å². The van der Waals surface area contributed by atoms with Crippen molar-refractivity contribution in [3.05, 3.63) is 0 Å². The molecule has 0 bridgehead atoms. The van der Waals surface area contributed by atoms with Crippen molar-refractivity contribution >= 4 is 0 Å². The molecule has 2 heteroatoms. The number of hydrogen-bond donors (Lipinski definition) is 1. The maximum atomic E-state index is 6.27. The van der Waals surface area contributed by atoms with E-state index in [-0.39, 0.29) is 0 Å². The number of nitrogens with two attached hydrogens (primary N) is 1. The zero-order valence-corrected chi connectivity index (χ0v) is 12.8. The van der Waals surface area contributed by atoms with Gasteiger partial charge in [0.05, 0.1) is 0 Å². The van der Waals surface area contributed by atoms with Gasteiger partial charge >= 0.3 is 0 Å². The third-order valence-electron chi connectivity index (χ3n) is 5.94. The molecule has 0 amide bonds. The Labute approximate surface area is 113 Å². The lowest BCUT2D eigenvalue weighted by atomic mass is 9.69. The summed E-state index contributed by atoms with van der Waals surface area (Å²) in [7, 11) is 0. The van der Waals surface area contributed by atoms with Crippen LogP contribution < -0.4 is 5.73 Å². The monoisotopic (exact) mass is 252 g/mol. The Balaban J connectivity index is 2.24. The molecule has 0 spiro atoms. The second-order valence-corrected chi connectivity index (χ2v) is 7.17. The first-order valence-electron chi connectivity index (χ1n) is 7.98. The molecule has 0 aromatic rings. The molecular weight excluding hydrogens is 220 g/mol. The SMILES string of the molecule is CC1CC(C)C(C)N(C2(CN)CCCCC2C)C1. The molecule has 18 heavy (non-hydrogen) atoms. The van der Waals surface area contributed by atoms with Crippen LogP contribution in [0.1, 0.15) is 59.8 Å². The summed E-state index contributed by atoms with van der Waals surface area (Å²) < 4.78 is 0. The van der Waals surface area contributed by atoms with Crippen LogP contribution in [0, 0.1) is 17.8 Å². The fourth-order valence-corrected chi connectivity index (χ4v) is 4.55. The molecule has 2 nitrogen and oxygen atoms in total. The van der Waals surface area contributed by atoms with E-state index in [1.807, 2.05) is 0 Å². The van der Waals surface area contributed by atoms with Crippen LogP contribution in [0.15, 0.2) is 0 Å². The largest absolute Gasteiger partial charge is 0.329 e. The molecule has 106 valence electrons. The van der Waals surface area contributed by atoms with Crippen LogP contribution in [0.3, 0.4) is 0 Å². The van der Waals surface area contributed by atoms with Crippen LogP contribution in [0.5, 0.6) is 0 Å². The molecule has 2 N–H and O–H groups in total. The lowest BCUT2D eigenvalue weighted by Gasteiger charge is -2.56. The van der Waals surface area contributed by atoms with E-state index < -0.39 is 0 Å². The molecule has 1 heterocycles. The summed E-state index contributed by atoms with van der Waals surface area (Å²) in [4.78, 5) is 2.80. The smallest absolute Gasteiger partial charge is 0.0360 e. The third kappa shape index (κ3) is 2.34. The van der Waals surface area contributed by atoms with Crippen LogP contribution >= 0.6 is 0 Å². The Kier molecular flexibility index (Phi) is 4.38. The fraction of sp³-hybridized carbons (Fsp3) is 1.00. The van der Waals surface area contributed by atoms with Crippen molar-refractivity contribution in [3.63, 3.8) is 0 Å². The highest BCUT2D eigenvalue weighted by Gasteiger charge is 2.46. The third-order valence-corrected chi connectivity index (χ3v) is 5.94. The zero-order valence-electron chi connectivity index (χ0n) is 12.8. The van der Waals surface area contributed by atoms with Gasteiger partial charge in [0.1, 0.15) is 0 Å². The molecule has 1 aliphatic heterocycles. The standard InChI is InChI=1S/C16H32N2/c1-12-9-13(2)15(4)18(10-12)16(11-17)8-6-5-7-14(16)3/h12-15H,5-11,17H2,1-4H3. The Bertz CT molecular complexity index is 278. The van der Waals surface area contributed by atoms with Gasteiger partial charge in [-0.05, 0) is 43.9 Å². The van der Waals surface area contributed by atoms with E-state index in [1.165, 1.54) is 38.6 Å². The Morgan fingerprint density at radius 2 is 1.89 bits per heavy atom. The number of piperidine rings is 1. The van der Waals surface area contributed by atoms with Gasteiger partial charge in [-0.15, -0.1) is 0 Å². The van der Waals surface area contributed by atoms with E-state index in [2.05, 4.69) is 32.6 Å². The molecule has 1 aliphatic carbocycles. The van der Waals surface area contributed by atoms with Gasteiger partial charge in [-0.25, -0.2) is 0 Å². The first-order valence-corrected chi connectivity index (χ1v) is 7.98. The molecule has 0 aromatic heterocycles. The second kappa shape index (κ2) is 5.50. The predicted molar refractivity (Wildman–Crippen MR) is 78.5 cm³/mol. The molecule has 0 aromatic carbocycles. The molecule has 0 radical (unpaired) electrons. The van der Waals surface area contributed by atoms with E-state index in [9.17, 15) is 0 Å². The average molecular weight is 252 g/mol. The molecule has 5 atom stereocenters. The molecule has 2 aliphatic rings. The first-order chi connectivity index (χ1) is 8.51. The quantitative estimate of drug-likeness (QED) is 0.817. The van der Waals surface area contributed by atoms with Crippen molar-refractivity contribution < 1.29 is 0 Å². The highest BCUT2D eigenvalue weighted by atomic mass is 15.3. The van der Waals surface area contributed by atoms with E-state index in [4.69, 9.17) is 5.73 Å². The van der Waals surface area contributed by atoms with E-state index in [1.54, 1.807) is 0 Å². The Morgan fingerprint density at radius 1 is 1.17 bits per heavy atom. The normalized spacial score (nSPS) is 47.2. The van der Waals surface area contributed by atoms with Crippen molar-refractivity contribution in [2.24, 2.45) is 23.5 Å². The summed E-state index contributed by atoms with van der Waals surface area (Å²) >= 11 is 0. The van der Waals surface area contributed by atoms with Crippen LogP contribution in [-0.4, -0.2) is 29.6 Å². The highest BCUT2D eigenvalue weighted by molar-refractivity contribution is 5.02. The maximum absolute atomic E-state index is 6.27. The molecule has 1 saturated heterocycles. The van der Waals surface area contributed by atoms with Gasteiger partial charge in [-0.2, -0.15) is 0 Å². The average Bonchev–Trinajstić information content (AvgIpc) is 2.35. The fourth-order valence-electron chi connectivity index (χ4n) is 4.55. The summed E-state index contributed by atoms with van der Waals surface area (Å²) in [5.41, 5.74) is 6.56. The van der Waals surface area contributed by atoms with Crippen molar-refractivity contribution in [2.75, 3.05) is 13.1 Å². The first kappa shape index (κ1) is 14.3. The Morgan fingerprint density at radius 3 is 2.50 bits per heavy atom.